The summed E-state index contributed by atoms with van der Waals surface area (Å²) in [6, 6.07) is 0. The lowest BCUT2D eigenvalue weighted by Gasteiger charge is -2.29. The zero-order valence-electron chi connectivity index (χ0n) is 25.7. The minimum absolute atomic E-state index is 0.0544. The first-order chi connectivity index (χ1) is 18.4. The van der Waals surface area contributed by atoms with Gasteiger partial charge >= 0.3 is 0 Å². The number of aliphatic hydroxyl groups excluding tert-OH is 1. The quantitative estimate of drug-likeness (QED) is 0.246. The van der Waals surface area contributed by atoms with Crippen LogP contribution < -0.4 is 0 Å². The van der Waals surface area contributed by atoms with E-state index in [2.05, 4.69) is 34.3 Å². The van der Waals surface area contributed by atoms with Crippen LogP contribution in [0.1, 0.15) is 137 Å². The minimum Gasteiger partial charge on any atom is -0.396 e. The van der Waals surface area contributed by atoms with Gasteiger partial charge in [-0.15, -0.1) is 0 Å². The largest absolute Gasteiger partial charge is 0.396 e. The highest BCUT2D eigenvalue weighted by Gasteiger charge is 2.22. The molecule has 2 rings (SSSR count). The van der Waals surface area contributed by atoms with Crippen LogP contribution in [0, 0.1) is 11.8 Å². The van der Waals surface area contributed by atoms with Crippen LogP contribution in [0.4, 0.5) is 0 Å². The molecule has 2 heterocycles. The summed E-state index contributed by atoms with van der Waals surface area (Å²) in [6.45, 7) is 17.3. The molecule has 2 saturated heterocycles. The van der Waals surface area contributed by atoms with Gasteiger partial charge in [0.25, 0.3) is 0 Å². The average Bonchev–Trinajstić information content (AvgIpc) is 3.29. The highest BCUT2D eigenvalue weighted by Crippen LogP contribution is 2.18. The molecule has 0 aromatic rings. The van der Waals surface area contributed by atoms with Crippen LogP contribution in [-0.2, 0) is 14.3 Å². The van der Waals surface area contributed by atoms with Crippen LogP contribution in [0.2, 0.25) is 0 Å². The number of aliphatic hydroxyl groups is 1. The van der Waals surface area contributed by atoms with Crippen molar-refractivity contribution in [2.45, 2.75) is 144 Å². The van der Waals surface area contributed by atoms with Gasteiger partial charge in [-0.25, -0.2) is 0 Å². The lowest BCUT2D eigenvalue weighted by atomic mass is 10.0. The van der Waals surface area contributed by atoms with Crippen molar-refractivity contribution in [3.8, 4) is 0 Å². The first-order valence-corrected chi connectivity index (χ1v) is 15.8. The van der Waals surface area contributed by atoms with Gasteiger partial charge in [-0.3, -0.25) is 9.59 Å². The van der Waals surface area contributed by atoms with E-state index in [-0.39, 0.29) is 18.0 Å². The first kappa shape index (κ1) is 36.6. The number of likely N-dealkylation sites (tertiary alicyclic amines) is 2. The Labute approximate surface area is 235 Å². The van der Waals surface area contributed by atoms with Crippen LogP contribution in [0.5, 0.6) is 0 Å². The molecule has 2 amide bonds. The Morgan fingerprint density at radius 3 is 1.92 bits per heavy atom. The zero-order valence-corrected chi connectivity index (χ0v) is 25.7. The second kappa shape index (κ2) is 24.6. The van der Waals surface area contributed by atoms with E-state index in [9.17, 15) is 9.59 Å². The van der Waals surface area contributed by atoms with Crippen molar-refractivity contribution in [2.75, 3.05) is 26.3 Å². The number of unbranched alkanes of at least 4 members (excludes halogenated alkanes) is 2. The molecule has 0 spiro atoms. The molecular weight excluding hydrogens is 476 g/mol. The van der Waals surface area contributed by atoms with E-state index >= 15 is 0 Å². The molecule has 1 N–H and O–H groups in total. The fourth-order valence-electron chi connectivity index (χ4n) is 4.77. The number of ether oxygens (including phenoxy) is 1. The summed E-state index contributed by atoms with van der Waals surface area (Å²) in [5, 5.41) is 8.75. The van der Waals surface area contributed by atoms with Crippen molar-refractivity contribution in [3.05, 3.63) is 12.8 Å². The Hall–Kier alpha value is -1.40. The summed E-state index contributed by atoms with van der Waals surface area (Å²) < 4.78 is 5.96. The second-order valence-corrected chi connectivity index (χ2v) is 10.9. The number of rotatable bonds is 14. The van der Waals surface area contributed by atoms with Crippen LogP contribution in [0.15, 0.2) is 12.8 Å². The molecule has 6 heteroatoms. The molecule has 38 heavy (non-hydrogen) atoms. The van der Waals surface area contributed by atoms with Crippen molar-refractivity contribution < 1.29 is 19.4 Å². The van der Waals surface area contributed by atoms with Gasteiger partial charge in [-0.2, -0.15) is 0 Å². The van der Waals surface area contributed by atoms with Gasteiger partial charge in [0, 0.05) is 32.5 Å². The van der Waals surface area contributed by atoms with E-state index in [1.165, 1.54) is 57.8 Å². The lowest BCUT2D eigenvalue weighted by Crippen LogP contribution is -2.40. The van der Waals surface area contributed by atoms with Gasteiger partial charge in [0.15, 0.2) is 0 Å². The molecule has 0 radical (unpaired) electrons. The molecular formula is C32H62N2O4. The SMILES string of the molecule is C=CN1CCCCCC1=O.CCCCC(CC)CO.CCCCC(CC)COC(C)N1CCCCCC1=O. The maximum Gasteiger partial charge on any atom is 0.226 e. The Bertz CT molecular complexity index is 594. The zero-order chi connectivity index (χ0) is 28.6. The third-order valence-corrected chi connectivity index (χ3v) is 7.80. The normalized spacial score (nSPS) is 18.7. The third kappa shape index (κ3) is 17.2. The van der Waals surface area contributed by atoms with Crippen molar-refractivity contribution in [1.82, 2.24) is 9.80 Å². The van der Waals surface area contributed by atoms with Gasteiger partial charge in [0.05, 0.1) is 6.61 Å². The molecule has 3 unspecified atom stereocenters. The molecule has 0 aromatic heterocycles. The Balaban J connectivity index is 0.000000604. The van der Waals surface area contributed by atoms with E-state index < -0.39 is 0 Å². The number of amides is 2. The van der Waals surface area contributed by atoms with Gasteiger partial charge in [0.1, 0.15) is 6.23 Å². The predicted octanol–water partition coefficient (Wildman–Crippen LogP) is 7.70. The van der Waals surface area contributed by atoms with Crippen LogP contribution in [-0.4, -0.2) is 59.3 Å². The van der Waals surface area contributed by atoms with E-state index in [4.69, 9.17) is 9.84 Å². The topological polar surface area (TPSA) is 70.1 Å². The summed E-state index contributed by atoms with van der Waals surface area (Å²) in [6.07, 6.45) is 19.4. The lowest BCUT2D eigenvalue weighted by molar-refractivity contribution is -0.145. The van der Waals surface area contributed by atoms with E-state index in [1.807, 2.05) is 11.8 Å². The van der Waals surface area contributed by atoms with E-state index in [0.717, 1.165) is 51.8 Å². The van der Waals surface area contributed by atoms with Crippen molar-refractivity contribution in [3.63, 3.8) is 0 Å². The number of nitrogens with zero attached hydrogens (tertiary/aromatic N) is 2. The molecule has 3 atom stereocenters. The third-order valence-electron chi connectivity index (χ3n) is 7.80. The molecule has 0 aliphatic carbocycles. The molecule has 0 aromatic carbocycles. The first-order valence-electron chi connectivity index (χ1n) is 15.8. The molecule has 0 saturated carbocycles. The summed E-state index contributed by atoms with van der Waals surface area (Å²) >= 11 is 0. The Kier molecular flexibility index (Phi) is 23.7. The molecule has 6 nitrogen and oxygen atoms in total. The average molecular weight is 539 g/mol. The highest BCUT2D eigenvalue weighted by molar-refractivity contribution is 5.77. The summed E-state index contributed by atoms with van der Waals surface area (Å²) in [4.78, 5) is 26.7. The molecule has 2 fully saturated rings. The van der Waals surface area contributed by atoms with Gasteiger partial charge in [0.2, 0.25) is 11.8 Å². The number of carbonyl (C=O) groups excluding carboxylic acids is 2. The van der Waals surface area contributed by atoms with E-state index in [1.54, 1.807) is 11.1 Å². The smallest absolute Gasteiger partial charge is 0.226 e. The van der Waals surface area contributed by atoms with Gasteiger partial charge in [-0.1, -0.05) is 85.6 Å². The minimum atomic E-state index is -0.0544. The van der Waals surface area contributed by atoms with Crippen LogP contribution >= 0.6 is 0 Å². The number of hydrogen-bond donors (Lipinski definition) is 1. The molecule has 2 aliphatic rings. The summed E-state index contributed by atoms with van der Waals surface area (Å²) in [5.41, 5.74) is 0. The Morgan fingerprint density at radius 2 is 1.39 bits per heavy atom. The van der Waals surface area contributed by atoms with Gasteiger partial charge in [-0.05, 0) is 63.5 Å². The predicted molar refractivity (Wildman–Crippen MR) is 160 cm³/mol. The van der Waals surface area contributed by atoms with Crippen molar-refractivity contribution in [1.29, 1.82) is 0 Å². The monoisotopic (exact) mass is 538 g/mol. The maximum atomic E-state index is 12.0. The fourth-order valence-corrected chi connectivity index (χ4v) is 4.77. The van der Waals surface area contributed by atoms with Crippen molar-refractivity contribution >= 4 is 11.8 Å². The molecule has 0 bridgehead atoms. The second-order valence-electron chi connectivity index (χ2n) is 10.9. The number of carbonyl (C=O) groups is 2. The summed E-state index contributed by atoms with van der Waals surface area (Å²) in [5.74, 6) is 1.70. The standard InChI is InChI=1S/C16H31NO2.C8H13NO.C8H18O/c1-4-6-10-15(5-2)13-19-14(3)17-12-9-7-8-11-16(17)18;1-2-9-7-5-3-4-6-8(9)10;1-3-5-6-8(4-2)7-9/h14-15H,4-13H2,1-3H3;2H,1,3-7H2;8-9H,3-7H2,1-2H3. The Morgan fingerprint density at radius 1 is 0.842 bits per heavy atom. The molecule has 2 aliphatic heterocycles. The number of hydrogen-bond acceptors (Lipinski definition) is 4. The van der Waals surface area contributed by atoms with Crippen LogP contribution in [0.25, 0.3) is 0 Å². The maximum absolute atomic E-state index is 12.0. The fraction of sp³-hybridized carbons (Fsp3) is 0.875. The summed E-state index contributed by atoms with van der Waals surface area (Å²) in [7, 11) is 0. The van der Waals surface area contributed by atoms with Crippen molar-refractivity contribution in [2.24, 2.45) is 11.8 Å². The van der Waals surface area contributed by atoms with E-state index in [0.29, 0.717) is 31.3 Å². The van der Waals surface area contributed by atoms with Gasteiger partial charge < -0.3 is 19.6 Å². The molecule has 224 valence electrons. The highest BCUT2D eigenvalue weighted by atomic mass is 16.5. The van der Waals surface area contributed by atoms with Crippen LogP contribution in [0.3, 0.4) is 0 Å².